The molecule has 0 aliphatic rings. The van der Waals surface area contributed by atoms with Crippen LogP contribution >= 0.6 is 23.2 Å². The highest BCUT2D eigenvalue weighted by Crippen LogP contribution is 2.23. The molecule has 0 bridgehead atoms. The quantitative estimate of drug-likeness (QED) is 0.550. The average Bonchev–Trinajstić information content (AvgIpc) is 3.01. The summed E-state index contributed by atoms with van der Waals surface area (Å²) in [6.45, 7) is 0. The maximum Gasteiger partial charge on any atom is 0.0998 e. The number of hydrogen-bond acceptors (Lipinski definition) is 1. The van der Waals surface area contributed by atoms with Gasteiger partial charge in [0.25, 0.3) is 0 Å². The van der Waals surface area contributed by atoms with Gasteiger partial charge >= 0.3 is 0 Å². The lowest BCUT2D eigenvalue weighted by atomic mass is 10.1. The van der Waals surface area contributed by atoms with E-state index in [-0.39, 0.29) is 0 Å². The summed E-state index contributed by atoms with van der Waals surface area (Å²) in [5.41, 5.74) is 3.24. The number of benzene rings is 2. The minimum Gasteiger partial charge on any atom is -0.317 e. The van der Waals surface area contributed by atoms with E-state index in [2.05, 4.69) is 6.07 Å². The van der Waals surface area contributed by atoms with Crippen molar-refractivity contribution in [3.8, 4) is 11.8 Å². The first-order chi connectivity index (χ1) is 11.2. The van der Waals surface area contributed by atoms with Crippen LogP contribution < -0.4 is 0 Å². The number of allylic oxidation sites excluding steroid dienone is 1. The maximum absolute atomic E-state index is 9.48. The van der Waals surface area contributed by atoms with Crippen LogP contribution in [0.3, 0.4) is 0 Å². The van der Waals surface area contributed by atoms with Crippen molar-refractivity contribution < 1.29 is 0 Å². The molecule has 112 valence electrons. The van der Waals surface area contributed by atoms with E-state index < -0.39 is 0 Å². The summed E-state index contributed by atoms with van der Waals surface area (Å²) in [6, 6.07) is 21.0. The van der Waals surface area contributed by atoms with Crippen molar-refractivity contribution in [3.63, 3.8) is 0 Å². The fourth-order valence-electron chi connectivity index (χ4n) is 2.33. The summed E-state index contributed by atoms with van der Waals surface area (Å²) in [4.78, 5) is 0. The fourth-order valence-corrected chi connectivity index (χ4v) is 2.65. The number of nitriles is 1. The number of hydrogen-bond donors (Lipinski definition) is 0. The molecule has 2 nitrogen and oxygen atoms in total. The third-order valence-corrected chi connectivity index (χ3v) is 3.92. The Morgan fingerprint density at radius 1 is 0.957 bits per heavy atom. The zero-order chi connectivity index (χ0) is 16.2. The van der Waals surface area contributed by atoms with E-state index in [1.54, 1.807) is 12.1 Å². The van der Waals surface area contributed by atoms with Gasteiger partial charge < -0.3 is 4.57 Å². The molecule has 0 spiro atoms. The predicted molar refractivity (Wildman–Crippen MR) is 95.7 cm³/mol. The smallest absolute Gasteiger partial charge is 0.0998 e. The minimum atomic E-state index is 0.557. The molecule has 0 amide bonds. The molecule has 23 heavy (non-hydrogen) atoms. The molecule has 0 N–H and O–H groups in total. The van der Waals surface area contributed by atoms with Crippen molar-refractivity contribution in [1.82, 2.24) is 4.57 Å². The SMILES string of the molecule is N#C/C(=C\c1cccn1-c1ccc(Cl)cc1)c1cccc(Cl)c1. The Morgan fingerprint density at radius 2 is 1.74 bits per heavy atom. The van der Waals surface area contributed by atoms with Gasteiger partial charge in [0.05, 0.1) is 11.6 Å². The van der Waals surface area contributed by atoms with Crippen LogP contribution in [0.15, 0.2) is 66.9 Å². The van der Waals surface area contributed by atoms with Crippen LogP contribution in [0.5, 0.6) is 0 Å². The second-order valence-corrected chi connectivity index (χ2v) is 5.83. The Labute approximate surface area is 144 Å². The first-order valence-corrected chi connectivity index (χ1v) is 7.74. The number of nitrogens with zero attached hydrogens (tertiary/aromatic N) is 2. The summed E-state index contributed by atoms with van der Waals surface area (Å²) in [7, 11) is 0. The molecule has 0 unspecified atom stereocenters. The summed E-state index contributed by atoms with van der Waals surface area (Å²) in [5, 5.41) is 10.8. The van der Waals surface area contributed by atoms with E-state index in [0.29, 0.717) is 15.6 Å². The van der Waals surface area contributed by atoms with Crippen molar-refractivity contribution in [3.05, 3.63) is 88.2 Å². The zero-order valence-electron chi connectivity index (χ0n) is 12.1. The van der Waals surface area contributed by atoms with Gasteiger partial charge in [0.15, 0.2) is 0 Å². The van der Waals surface area contributed by atoms with E-state index in [0.717, 1.165) is 16.9 Å². The van der Waals surface area contributed by atoms with E-state index in [1.165, 1.54) is 0 Å². The zero-order valence-corrected chi connectivity index (χ0v) is 13.6. The van der Waals surface area contributed by atoms with Crippen LogP contribution in [-0.4, -0.2) is 4.57 Å². The summed E-state index contributed by atoms with van der Waals surface area (Å²) >= 11 is 12.0. The van der Waals surface area contributed by atoms with Gasteiger partial charge in [0.2, 0.25) is 0 Å². The number of aromatic nitrogens is 1. The second-order valence-electron chi connectivity index (χ2n) is 4.96. The van der Waals surface area contributed by atoms with E-state index >= 15 is 0 Å². The molecule has 1 aromatic heterocycles. The normalized spacial score (nSPS) is 11.3. The Morgan fingerprint density at radius 3 is 2.43 bits per heavy atom. The van der Waals surface area contributed by atoms with Crippen LogP contribution in [-0.2, 0) is 0 Å². The monoisotopic (exact) mass is 338 g/mol. The first kappa shape index (κ1) is 15.4. The summed E-state index contributed by atoms with van der Waals surface area (Å²) < 4.78 is 2.00. The van der Waals surface area contributed by atoms with Crippen LogP contribution in [0, 0.1) is 11.3 Å². The van der Waals surface area contributed by atoms with E-state index in [9.17, 15) is 5.26 Å². The molecule has 0 saturated heterocycles. The Hall–Kier alpha value is -2.47. The molecule has 0 saturated carbocycles. The highest BCUT2D eigenvalue weighted by atomic mass is 35.5. The highest BCUT2D eigenvalue weighted by molar-refractivity contribution is 6.31. The molecule has 4 heteroatoms. The summed E-state index contributed by atoms with van der Waals surface area (Å²) in [5.74, 6) is 0. The Bertz CT molecular complexity index is 900. The fraction of sp³-hybridized carbons (Fsp3) is 0. The second kappa shape index (κ2) is 6.75. The summed E-state index contributed by atoms with van der Waals surface area (Å²) in [6.07, 6.45) is 3.79. The largest absolute Gasteiger partial charge is 0.317 e. The molecule has 0 fully saturated rings. The third-order valence-electron chi connectivity index (χ3n) is 3.43. The first-order valence-electron chi connectivity index (χ1n) is 6.98. The molecule has 1 heterocycles. The van der Waals surface area contributed by atoms with Gasteiger partial charge in [-0.3, -0.25) is 0 Å². The third kappa shape index (κ3) is 3.48. The lowest BCUT2D eigenvalue weighted by Crippen LogP contribution is -1.94. The molecular weight excluding hydrogens is 327 g/mol. The van der Waals surface area contributed by atoms with Gasteiger partial charge in [-0.1, -0.05) is 35.3 Å². The predicted octanol–water partition coefficient (Wildman–Crippen LogP) is 5.85. The Balaban J connectivity index is 2.04. The van der Waals surface area contributed by atoms with Crippen molar-refractivity contribution in [1.29, 1.82) is 5.26 Å². The maximum atomic E-state index is 9.48. The van der Waals surface area contributed by atoms with Gasteiger partial charge in [-0.05, 0) is 60.2 Å². The van der Waals surface area contributed by atoms with Gasteiger partial charge in [-0.15, -0.1) is 0 Å². The van der Waals surface area contributed by atoms with E-state index in [1.807, 2.05) is 65.4 Å². The number of halogens is 2. The van der Waals surface area contributed by atoms with Crippen LogP contribution in [0.2, 0.25) is 10.0 Å². The van der Waals surface area contributed by atoms with Crippen molar-refractivity contribution in [2.75, 3.05) is 0 Å². The Kier molecular flexibility index (Phi) is 4.52. The van der Waals surface area contributed by atoms with Gasteiger partial charge in [-0.2, -0.15) is 5.26 Å². The van der Waals surface area contributed by atoms with E-state index in [4.69, 9.17) is 23.2 Å². The average molecular weight is 339 g/mol. The lowest BCUT2D eigenvalue weighted by Gasteiger charge is -2.07. The molecule has 3 aromatic rings. The molecular formula is C19H12Cl2N2. The number of rotatable bonds is 3. The van der Waals surface area contributed by atoms with Gasteiger partial charge in [0.1, 0.15) is 0 Å². The molecule has 0 atom stereocenters. The van der Waals surface area contributed by atoms with Crippen LogP contribution in [0.4, 0.5) is 0 Å². The van der Waals surface area contributed by atoms with Crippen LogP contribution in [0.25, 0.3) is 17.3 Å². The van der Waals surface area contributed by atoms with Crippen molar-refractivity contribution in [2.24, 2.45) is 0 Å². The van der Waals surface area contributed by atoms with Gasteiger partial charge in [0, 0.05) is 27.6 Å². The molecule has 2 aromatic carbocycles. The lowest BCUT2D eigenvalue weighted by molar-refractivity contribution is 1.06. The standard InChI is InChI=1S/C19H12Cl2N2/c20-16-6-8-18(9-7-16)23-10-2-5-19(23)12-15(13-22)14-3-1-4-17(21)11-14/h1-12H/b15-12+. The minimum absolute atomic E-state index is 0.557. The van der Waals surface area contributed by atoms with Crippen LogP contribution in [0.1, 0.15) is 11.3 Å². The molecule has 0 aliphatic heterocycles. The molecule has 3 rings (SSSR count). The van der Waals surface area contributed by atoms with Crippen molar-refractivity contribution in [2.45, 2.75) is 0 Å². The topological polar surface area (TPSA) is 28.7 Å². The molecule has 0 radical (unpaired) electrons. The highest BCUT2D eigenvalue weighted by Gasteiger charge is 2.06. The van der Waals surface area contributed by atoms with Crippen molar-refractivity contribution >= 4 is 34.9 Å². The molecule has 0 aliphatic carbocycles. The van der Waals surface area contributed by atoms with Gasteiger partial charge in [-0.25, -0.2) is 0 Å².